The van der Waals surface area contributed by atoms with Gasteiger partial charge in [-0.05, 0) is 54.8 Å². The van der Waals surface area contributed by atoms with E-state index in [2.05, 4.69) is 68.3 Å². The molecule has 0 heterocycles. The molecule has 0 aliphatic carbocycles. The van der Waals surface area contributed by atoms with Crippen molar-refractivity contribution in [1.82, 2.24) is 0 Å². The van der Waals surface area contributed by atoms with Gasteiger partial charge in [0.05, 0.1) is 0 Å². The SMILES string of the molecule is Cc1ccc(N(C)c2ccc(CN)cc2)cc1C. The summed E-state index contributed by atoms with van der Waals surface area (Å²) in [5, 5.41) is 0. The van der Waals surface area contributed by atoms with Gasteiger partial charge in [0.25, 0.3) is 0 Å². The van der Waals surface area contributed by atoms with E-state index in [-0.39, 0.29) is 0 Å². The zero-order chi connectivity index (χ0) is 13.1. The van der Waals surface area contributed by atoms with Crippen LogP contribution in [0.4, 0.5) is 11.4 Å². The van der Waals surface area contributed by atoms with Crippen LogP contribution in [0.1, 0.15) is 16.7 Å². The zero-order valence-electron chi connectivity index (χ0n) is 11.3. The second-order valence-electron chi connectivity index (χ2n) is 4.70. The van der Waals surface area contributed by atoms with Crippen molar-refractivity contribution in [3.8, 4) is 0 Å². The van der Waals surface area contributed by atoms with Crippen molar-refractivity contribution in [2.75, 3.05) is 11.9 Å². The van der Waals surface area contributed by atoms with Crippen molar-refractivity contribution in [3.05, 3.63) is 59.2 Å². The lowest BCUT2D eigenvalue weighted by Crippen LogP contribution is -2.10. The van der Waals surface area contributed by atoms with E-state index in [1.54, 1.807) is 0 Å². The van der Waals surface area contributed by atoms with Crippen molar-refractivity contribution in [2.45, 2.75) is 20.4 Å². The molecule has 0 bridgehead atoms. The van der Waals surface area contributed by atoms with E-state index in [0.29, 0.717) is 6.54 Å². The fourth-order valence-corrected chi connectivity index (χ4v) is 1.94. The Hall–Kier alpha value is -1.80. The molecule has 0 saturated heterocycles. The van der Waals surface area contributed by atoms with Gasteiger partial charge in [-0.2, -0.15) is 0 Å². The molecule has 94 valence electrons. The second kappa shape index (κ2) is 5.23. The lowest BCUT2D eigenvalue weighted by Gasteiger charge is -2.20. The van der Waals surface area contributed by atoms with Gasteiger partial charge in [-0.3, -0.25) is 0 Å². The number of aryl methyl sites for hydroxylation is 2. The van der Waals surface area contributed by atoms with Gasteiger partial charge in [-0.15, -0.1) is 0 Å². The average molecular weight is 240 g/mol. The molecule has 0 atom stereocenters. The van der Waals surface area contributed by atoms with Gasteiger partial charge in [0.2, 0.25) is 0 Å². The Bertz CT molecular complexity index is 529. The molecule has 2 nitrogen and oxygen atoms in total. The highest BCUT2D eigenvalue weighted by atomic mass is 15.1. The monoisotopic (exact) mass is 240 g/mol. The normalized spacial score (nSPS) is 10.4. The first kappa shape index (κ1) is 12.7. The van der Waals surface area contributed by atoms with Crippen LogP contribution in [0.15, 0.2) is 42.5 Å². The second-order valence-corrected chi connectivity index (χ2v) is 4.70. The molecule has 0 fully saturated rings. The van der Waals surface area contributed by atoms with Gasteiger partial charge in [0.15, 0.2) is 0 Å². The Balaban J connectivity index is 2.28. The first-order chi connectivity index (χ1) is 8.61. The molecule has 0 aliphatic heterocycles. The molecule has 0 spiro atoms. The number of anilines is 2. The smallest absolute Gasteiger partial charge is 0.0410 e. The van der Waals surface area contributed by atoms with Gasteiger partial charge in [0.1, 0.15) is 0 Å². The lowest BCUT2D eigenvalue weighted by molar-refractivity contribution is 1.07. The Labute approximate surface area is 109 Å². The molecular formula is C16H20N2. The van der Waals surface area contributed by atoms with Crippen LogP contribution >= 0.6 is 0 Å². The van der Waals surface area contributed by atoms with Crippen LogP contribution in [-0.4, -0.2) is 7.05 Å². The number of hydrogen-bond acceptors (Lipinski definition) is 2. The fourth-order valence-electron chi connectivity index (χ4n) is 1.94. The summed E-state index contributed by atoms with van der Waals surface area (Å²) in [4.78, 5) is 2.19. The largest absolute Gasteiger partial charge is 0.345 e. The molecule has 18 heavy (non-hydrogen) atoms. The number of hydrogen-bond donors (Lipinski definition) is 1. The summed E-state index contributed by atoms with van der Waals surface area (Å²) >= 11 is 0. The molecule has 2 N–H and O–H groups in total. The lowest BCUT2D eigenvalue weighted by atomic mass is 10.1. The number of nitrogens with zero attached hydrogens (tertiary/aromatic N) is 1. The summed E-state index contributed by atoms with van der Waals surface area (Å²) in [6.45, 7) is 4.87. The maximum atomic E-state index is 5.61. The van der Waals surface area contributed by atoms with Gasteiger partial charge in [-0.25, -0.2) is 0 Å². The molecule has 0 amide bonds. The fraction of sp³-hybridized carbons (Fsp3) is 0.250. The van der Waals surface area contributed by atoms with Crippen LogP contribution in [0, 0.1) is 13.8 Å². The minimum Gasteiger partial charge on any atom is -0.345 e. The van der Waals surface area contributed by atoms with Crippen molar-refractivity contribution in [1.29, 1.82) is 0 Å². The van der Waals surface area contributed by atoms with E-state index in [9.17, 15) is 0 Å². The summed E-state index contributed by atoms with van der Waals surface area (Å²) in [5.74, 6) is 0. The van der Waals surface area contributed by atoms with Gasteiger partial charge in [-0.1, -0.05) is 18.2 Å². The van der Waals surface area contributed by atoms with E-state index >= 15 is 0 Å². The van der Waals surface area contributed by atoms with Gasteiger partial charge >= 0.3 is 0 Å². The van der Waals surface area contributed by atoms with Crippen LogP contribution in [0.3, 0.4) is 0 Å². The number of nitrogens with two attached hydrogens (primary N) is 1. The highest BCUT2D eigenvalue weighted by Gasteiger charge is 2.04. The summed E-state index contributed by atoms with van der Waals surface area (Å²) in [5.41, 5.74) is 11.8. The van der Waals surface area contributed by atoms with Crippen LogP contribution in [0.2, 0.25) is 0 Å². The first-order valence-corrected chi connectivity index (χ1v) is 6.22. The third-order valence-corrected chi connectivity index (χ3v) is 3.44. The maximum absolute atomic E-state index is 5.61. The van der Waals surface area contributed by atoms with E-state index in [0.717, 1.165) is 5.56 Å². The summed E-state index contributed by atoms with van der Waals surface area (Å²) in [6, 6.07) is 14.9. The molecule has 2 aromatic rings. The van der Waals surface area contributed by atoms with Crippen LogP contribution < -0.4 is 10.6 Å². The van der Waals surface area contributed by atoms with Crippen molar-refractivity contribution >= 4 is 11.4 Å². The third-order valence-electron chi connectivity index (χ3n) is 3.44. The Morgan fingerprint density at radius 1 is 0.889 bits per heavy atom. The topological polar surface area (TPSA) is 29.3 Å². The molecule has 2 heteroatoms. The molecule has 0 radical (unpaired) electrons. The standard InChI is InChI=1S/C16H20N2/c1-12-4-7-16(10-13(12)2)18(3)15-8-5-14(11-17)6-9-15/h4-10H,11,17H2,1-3H3. The quantitative estimate of drug-likeness (QED) is 0.889. The van der Waals surface area contributed by atoms with Gasteiger partial charge in [0, 0.05) is 25.0 Å². The number of benzene rings is 2. The predicted octanol–water partition coefficient (Wildman–Crippen LogP) is 3.53. The number of rotatable bonds is 3. The molecular weight excluding hydrogens is 220 g/mol. The van der Waals surface area contributed by atoms with Crippen molar-refractivity contribution < 1.29 is 0 Å². The first-order valence-electron chi connectivity index (χ1n) is 6.22. The predicted molar refractivity (Wildman–Crippen MR) is 78.3 cm³/mol. The van der Waals surface area contributed by atoms with E-state index < -0.39 is 0 Å². The molecule has 0 aliphatic rings. The average Bonchev–Trinajstić information content (AvgIpc) is 2.41. The van der Waals surface area contributed by atoms with Crippen LogP contribution in [-0.2, 0) is 6.54 Å². The van der Waals surface area contributed by atoms with E-state index in [1.165, 1.54) is 22.5 Å². The van der Waals surface area contributed by atoms with Crippen molar-refractivity contribution in [3.63, 3.8) is 0 Å². The third kappa shape index (κ3) is 2.54. The zero-order valence-corrected chi connectivity index (χ0v) is 11.3. The van der Waals surface area contributed by atoms with Crippen LogP contribution in [0.25, 0.3) is 0 Å². The Kier molecular flexibility index (Phi) is 3.68. The minimum absolute atomic E-state index is 0.591. The Morgan fingerprint density at radius 3 is 2.06 bits per heavy atom. The molecule has 0 unspecified atom stereocenters. The summed E-state index contributed by atoms with van der Waals surface area (Å²) in [6.07, 6.45) is 0. The summed E-state index contributed by atoms with van der Waals surface area (Å²) < 4.78 is 0. The molecule has 0 aromatic heterocycles. The summed E-state index contributed by atoms with van der Waals surface area (Å²) in [7, 11) is 2.08. The molecule has 0 saturated carbocycles. The minimum atomic E-state index is 0.591. The molecule has 2 rings (SSSR count). The van der Waals surface area contributed by atoms with Gasteiger partial charge < -0.3 is 10.6 Å². The van der Waals surface area contributed by atoms with E-state index in [1.807, 2.05) is 0 Å². The molecule has 2 aromatic carbocycles. The maximum Gasteiger partial charge on any atom is 0.0410 e. The highest BCUT2D eigenvalue weighted by molar-refractivity contribution is 5.63. The van der Waals surface area contributed by atoms with Crippen molar-refractivity contribution in [2.24, 2.45) is 5.73 Å². The Morgan fingerprint density at radius 2 is 1.50 bits per heavy atom. The van der Waals surface area contributed by atoms with Crippen LogP contribution in [0.5, 0.6) is 0 Å². The highest BCUT2D eigenvalue weighted by Crippen LogP contribution is 2.25. The van der Waals surface area contributed by atoms with E-state index in [4.69, 9.17) is 5.73 Å².